The number of para-hydroxylation sites is 1. The van der Waals surface area contributed by atoms with Crippen LogP contribution in [-0.2, 0) is 21.2 Å². The number of carbonyl (C=O) groups is 1. The number of nitrogens with zero attached hydrogens (tertiary/aromatic N) is 1. The Hall–Kier alpha value is -1.90. The van der Waals surface area contributed by atoms with E-state index in [1.165, 1.54) is 15.6 Å². The summed E-state index contributed by atoms with van der Waals surface area (Å²) in [7, 11) is -3.42. The van der Waals surface area contributed by atoms with Crippen LogP contribution in [0.15, 0.2) is 46.0 Å². The number of aryl methyl sites for hydroxylation is 1. The lowest BCUT2D eigenvalue weighted by Crippen LogP contribution is -2.43. The molecule has 2 aromatic rings. The van der Waals surface area contributed by atoms with Gasteiger partial charge in [-0.3, -0.25) is 4.79 Å². The highest BCUT2D eigenvalue weighted by Gasteiger charge is 2.32. The molecule has 1 aromatic heterocycles. The van der Waals surface area contributed by atoms with E-state index in [0.717, 1.165) is 24.2 Å². The first kappa shape index (κ1) is 21.8. The molecule has 0 aliphatic carbocycles. The van der Waals surface area contributed by atoms with E-state index in [4.69, 9.17) is 4.74 Å². The van der Waals surface area contributed by atoms with Crippen LogP contribution in [0.4, 0.5) is 0 Å². The number of carbonyl (C=O) groups excluding carboxylic acids is 1. The van der Waals surface area contributed by atoms with Gasteiger partial charge in [-0.1, -0.05) is 24.3 Å². The highest BCUT2D eigenvalue weighted by molar-refractivity contribution is 7.91. The maximum Gasteiger partial charge on any atom is 0.252 e. The monoisotopic (exact) mass is 436 g/mol. The van der Waals surface area contributed by atoms with Crippen LogP contribution < -0.4 is 10.1 Å². The fourth-order valence-corrected chi connectivity index (χ4v) is 6.15. The van der Waals surface area contributed by atoms with Gasteiger partial charge in [0.2, 0.25) is 5.91 Å². The zero-order chi connectivity index (χ0) is 20.7. The van der Waals surface area contributed by atoms with Crippen molar-refractivity contribution < 1.29 is 17.9 Å². The summed E-state index contributed by atoms with van der Waals surface area (Å²) >= 11 is 1.23. The topological polar surface area (TPSA) is 75.7 Å². The molecule has 0 unspecified atom stereocenters. The highest BCUT2D eigenvalue weighted by Crippen LogP contribution is 2.26. The predicted octanol–water partition coefficient (Wildman–Crippen LogP) is 3.30. The molecule has 1 saturated heterocycles. The van der Waals surface area contributed by atoms with Crippen molar-refractivity contribution in [1.82, 2.24) is 9.62 Å². The second kappa shape index (κ2) is 10.2. The van der Waals surface area contributed by atoms with E-state index in [1.807, 2.05) is 25.1 Å². The van der Waals surface area contributed by atoms with Gasteiger partial charge < -0.3 is 10.1 Å². The normalized spacial score (nSPS) is 15.9. The third-order valence-electron chi connectivity index (χ3n) is 5.11. The van der Waals surface area contributed by atoms with Gasteiger partial charge in [0.15, 0.2) is 0 Å². The van der Waals surface area contributed by atoms with Gasteiger partial charge in [0.25, 0.3) is 10.0 Å². The van der Waals surface area contributed by atoms with Crippen molar-refractivity contribution in [2.45, 2.75) is 36.8 Å². The predicted molar refractivity (Wildman–Crippen MR) is 115 cm³/mol. The van der Waals surface area contributed by atoms with Crippen molar-refractivity contribution in [2.24, 2.45) is 5.92 Å². The molecule has 1 aromatic carbocycles. The first-order valence-electron chi connectivity index (χ1n) is 10.0. The summed E-state index contributed by atoms with van der Waals surface area (Å²) < 4.78 is 32.6. The van der Waals surface area contributed by atoms with Crippen LogP contribution >= 0.6 is 11.3 Å². The summed E-state index contributed by atoms with van der Waals surface area (Å²) in [5, 5.41) is 4.77. The van der Waals surface area contributed by atoms with Crippen LogP contribution in [0.1, 0.15) is 31.7 Å². The zero-order valence-electron chi connectivity index (χ0n) is 16.7. The number of sulfonamides is 1. The molecular formula is C21H28N2O4S2. The van der Waals surface area contributed by atoms with Crippen LogP contribution in [-0.4, -0.2) is 44.9 Å². The van der Waals surface area contributed by atoms with Crippen LogP contribution in [0.25, 0.3) is 0 Å². The maximum absolute atomic E-state index is 12.6. The lowest BCUT2D eigenvalue weighted by molar-refractivity contribution is -0.126. The number of hydrogen-bond donors (Lipinski definition) is 1. The van der Waals surface area contributed by atoms with E-state index in [1.54, 1.807) is 17.5 Å². The Morgan fingerprint density at radius 3 is 2.66 bits per heavy atom. The Balaban J connectivity index is 1.41. The number of ether oxygens (including phenoxy) is 1. The minimum absolute atomic E-state index is 0.0243. The lowest BCUT2D eigenvalue weighted by Gasteiger charge is -2.30. The minimum Gasteiger partial charge on any atom is -0.494 e. The number of piperidine rings is 1. The summed E-state index contributed by atoms with van der Waals surface area (Å²) in [6, 6.07) is 11.3. The first-order chi connectivity index (χ1) is 14.0. The quantitative estimate of drug-likeness (QED) is 0.612. The molecule has 0 bridgehead atoms. The molecule has 3 rings (SSSR count). The summed E-state index contributed by atoms with van der Waals surface area (Å²) in [6.07, 6.45) is 2.79. The molecule has 0 atom stereocenters. The molecule has 29 heavy (non-hydrogen) atoms. The lowest BCUT2D eigenvalue weighted by atomic mass is 9.97. The Bertz CT molecular complexity index is 889. The fourth-order valence-electron chi connectivity index (χ4n) is 3.54. The largest absolute Gasteiger partial charge is 0.494 e. The van der Waals surface area contributed by atoms with Crippen LogP contribution in [0.3, 0.4) is 0 Å². The summed E-state index contributed by atoms with van der Waals surface area (Å²) in [5.41, 5.74) is 1.15. The summed E-state index contributed by atoms with van der Waals surface area (Å²) in [5.74, 6) is 0.803. The number of rotatable bonds is 9. The molecule has 2 heterocycles. The maximum atomic E-state index is 12.6. The summed E-state index contributed by atoms with van der Waals surface area (Å²) in [4.78, 5) is 12.5. The standard InChI is InChI=1S/C21H28N2O4S2/c1-2-27-19-9-4-3-7-17(19)8-5-13-22-21(24)18-11-14-23(15-12-18)29(25,26)20-10-6-16-28-20/h3-4,6-7,9-10,16,18H,2,5,8,11-15H2,1H3,(H,22,24). The molecule has 158 valence electrons. The van der Waals surface area contributed by atoms with Crippen molar-refractivity contribution in [3.05, 3.63) is 47.3 Å². The van der Waals surface area contributed by atoms with Gasteiger partial charge in [0.1, 0.15) is 9.96 Å². The number of thiophene rings is 1. The van der Waals surface area contributed by atoms with E-state index < -0.39 is 10.0 Å². The Morgan fingerprint density at radius 1 is 1.21 bits per heavy atom. The molecule has 1 aliphatic rings. The fraction of sp³-hybridized carbons (Fsp3) is 0.476. The van der Waals surface area contributed by atoms with Crippen LogP contribution in [0.5, 0.6) is 5.75 Å². The summed E-state index contributed by atoms with van der Waals surface area (Å²) in [6.45, 7) is 3.98. The van der Waals surface area contributed by atoms with E-state index in [0.29, 0.717) is 43.3 Å². The third-order valence-corrected chi connectivity index (χ3v) is 8.38. The highest BCUT2D eigenvalue weighted by atomic mass is 32.2. The zero-order valence-corrected chi connectivity index (χ0v) is 18.3. The molecule has 6 nitrogen and oxygen atoms in total. The van der Waals surface area contributed by atoms with Crippen LogP contribution in [0.2, 0.25) is 0 Å². The molecule has 8 heteroatoms. The number of benzene rings is 1. The van der Waals surface area contributed by atoms with Gasteiger partial charge in [0.05, 0.1) is 6.61 Å². The van der Waals surface area contributed by atoms with Crippen molar-refractivity contribution in [3.8, 4) is 5.75 Å². The van der Waals surface area contributed by atoms with Gasteiger partial charge in [-0.2, -0.15) is 4.31 Å². The van der Waals surface area contributed by atoms with E-state index >= 15 is 0 Å². The van der Waals surface area contributed by atoms with Crippen molar-refractivity contribution in [3.63, 3.8) is 0 Å². The minimum atomic E-state index is -3.42. The first-order valence-corrected chi connectivity index (χ1v) is 12.4. The van der Waals surface area contributed by atoms with E-state index in [-0.39, 0.29) is 11.8 Å². The van der Waals surface area contributed by atoms with Crippen LogP contribution in [0, 0.1) is 5.92 Å². The molecule has 1 fully saturated rings. The molecular weight excluding hydrogens is 408 g/mol. The van der Waals surface area contributed by atoms with Gasteiger partial charge in [-0.05, 0) is 55.7 Å². The molecule has 1 amide bonds. The average Bonchev–Trinajstić information content (AvgIpc) is 3.28. The second-order valence-electron chi connectivity index (χ2n) is 7.05. The van der Waals surface area contributed by atoms with Gasteiger partial charge in [-0.25, -0.2) is 8.42 Å². The number of amides is 1. The van der Waals surface area contributed by atoms with E-state index in [9.17, 15) is 13.2 Å². The Labute approximate surface area is 176 Å². The van der Waals surface area contributed by atoms with Crippen molar-refractivity contribution >= 4 is 27.3 Å². The molecule has 1 aliphatic heterocycles. The average molecular weight is 437 g/mol. The SMILES string of the molecule is CCOc1ccccc1CCCNC(=O)C1CCN(S(=O)(=O)c2cccs2)CC1. The van der Waals surface area contributed by atoms with Gasteiger partial charge in [0, 0.05) is 25.6 Å². The second-order valence-corrected chi connectivity index (χ2v) is 10.2. The third kappa shape index (κ3) is 5.58. The van der Waals surface area contributed by atoms with Crippen molar-refractivity contribution in [1.29, 1.82) is 0 Å². The van der Waals surface area contributed by atoms with Crippen molar-refractivity contribution in [2.75, 3.05) is 26.2 Å². The Kier molecular flexibility index (Phi) is 7.69. The molecule has 0 saturated carbocycles. The van der Waals surface area contributed by atoms with Gasteiger partial charge >= 0.3 is 0 Å². The number of nitrogens with one attached hydrogen (secondary N) is 1. The molecule has 0 radical (unpaired) electrons. The Morgan fingerprint density at radius 2 is 1.97 bits per heavy atom. The van der Waals surface area contributed by atoms with Gasteiger partial charge in [-0.15, -0.1) is 11.3 Å². The molecule has 1 N–H and O–H groups in total. The van der Waals surface area contributed by atoms with E-state index in [2.05, 4.69) is 11.4 Å². The number of hydrogen-bond acceptors (Lipinski definition) is 5. The molecule has 0 spiro atoms. The smallest absolute Gasteiger partial charge is 0.252 e.